The van der Waals surface area contributed by atoms with Crippen molar-refractivity contribution >= 4 is 50.3 Å². The second kappa shape index (κ2) is 9.54. The molecule has 33 heavy (non-hydrogen) atoms. The summed E-state index contributed by atoms with van der Waals surface area (Å²) < 4.78 is 41.9. The maximum atomic E-state index is 13.5. The zero-order chi connectivity index (χ0) is 23.6. The third-order valence-corrected chi connectivity index (χ3v) is 8.16. The van der Waals surface area contributed by atoms with Gasteiger partial charge in [-0.25, -0.2) is 8.42 Å². The highest BCUT2D eigenvalue weighted by molar-refractivity contribution is 7.89. The van der Waals surface area contributed by atoms with Crippen LogP contribution in [0.1, 0.15) is 26.2 Å². The van der Waals surface area contributed by atoms with Crippen LogP contribution in [0.4, 0.5) is 5.69 Å². The number of carbonyl (C=O) groups excluding carboxylic acids is 2. The van der Waals surface area contributed by atoms with Crippen molar-refractivity contribution in [1.82, 2.24) is 13.1 Å². The highest BCUT2D eigenvalue weighted by Crippen LogP contribution is 2.30. The molecular formula is C22H24N4O5S2. The van der Waals surface area contributed by atoms with Gasteiger partial charge in [-0.1, -0.05) is 24.3 Å². The van der Waals surface area contributed by atoms with Crippen LogP contribution in [-0.4, -0.2) is 59.1 Å². The van der Waals surface area contributed by atoms with Crippen molar-refractivity contribution in [3.05, 3.63) is 48.5 Å². The third kappa shape index (κ3) is 4.61. The zero-order valence-corrected chi connectivity index (χ0v) is 19.9. The molecule has 11 heteroatoms. The lowest BCUT2D eigenvalue weighted by atomic mass is 10.1. The van der Waals surface area contributed by atoms with E-state index in [-0.39, 0.29) is 17.0 Å². The summed E-state index contributed by atoms with van der Waals surface area (Å²) in [6.07, 6.45) is 0.555. The average Bonchev–Trinajstić information content (AvgIpc) is 3.32. The van der Waals surface area contributed by atoms with Gasteiger partial charge in [0.15, 0.2) is 6.10 Å². The Morgan fingerprint density at radius 2 is 1.88 bits per heavy atom. The van der Waals surface area contributed by atoms with Gasteiger partial charge in [-0.15, -0.1) is 0 Å². The minimum absolute atomic E-state index is 0.0152. The first-order valence-electron chi connectivity index (χ1n) is 10.6. The van der Waals surface area contributed by atoms with E-state index in [1.54, 1.807) is 43.4 Å². The van der Waals surface area contributed by atoms with Crippen LogP contribution in [0.2, 0.25) is 0 Å². The van der Waals surface area contributed by atoms with Crippen LogP contribution < -0.4 is 4.90 Å². The van der Waals surface area contributed by atoms with Crippen molar-refractivity contribution in [2.75, 3.05) is 18.5 Å². The van der Waals surface area contributed by atoms with E-state index in [0.717, 1.165) is 11.7 Å². The Hall–Kier alpha value is -2.89. The fourth-order valence-electron chi connectivity index (χ4n) is 3.90. The van der Waals surface area contributed by atoms with Crippen LogP contribution in [-0.2, 0) is 24.3 Å². The van der Waals surface area contributed by atoms with Crippen LogP contribution in [0.15, 0.2) is 53.4 Å². The molecule has 174 valence electrons. The van der Waals surface area contributed by atoms with Gasteiger partial charge in [0.05, 0.1) is 11.7 Å². The molecule has 2 atom stereocenters. The van der Waals surface area contributed by atoms with Gasteiger partial charge in [0.2, 0.25) is 10.0 Å². The molecule has 2 unspecified atom stereocenters. The summed E-state index contributed by atoms with van der Waals surface area (Å²) in [5, 5.41) is 0. The number of nitrogens with zero attached hydrogens (tertiary/aromatic N) is 4. The zero-order valence-electron chi connectivity index (χ0n) is 18.2. The molecular weight excluding hydrogens is 464 g/mol. The molecule has 1 aromatic heterocycles. The first-order chi connectivity index (χ1) is 15.8. The summed E-state index contributed by atoms with van der Waals surface area (Å²) >= 11 is 0.933. The number of rotatable bonds is 6. The third-order valence-electron chi connectivity index (χ3n) is 5.68. The summed E-state index contributed by atoms with van der Waals surface area (Å²) in [6, 6.07) is 12.7. The summed E-state index contributed by atoms with van der Waals surface area (Å²) in [4.78, 5) is 27.3. The quantitative estimate of drug-likeness (QED) is 0.491. The van der Waals surface area contributed by atoms with E-state index in [1.807, 2.05) is 6.07 Å². The predicted molar refractivity (Wildman–Crippen MR) is 124 cm³/mol. The van der Waals surface area contributed by atoms with E-state index in [4.69, 9.17) is 4.74 Å². The van der Waals surface area contributed by atoms with Crippen molar-refractivity contribution in [1.29, 1.82) is 0 Å². The number of carbonyl (C=O) groups is 2. The fourth-order valence-corrected chi connectivity index (χ4v) is 6.30. The number of sulfonamides is 1. The molecule has 0 aliphatic carbocycles. The Labute approximate surface area is 196 Å². The van der Waals surface area contributed by atoms with Crippen LogP contribution in [0.25, 0.3) is 11.0 Å². The largest absolute Gasteiger partial charge is 0.451 e. The number of likely N-dealkylation sites (N-methyl/N-ethyl adjacent to an activating group) is 1. The molecule has 0 N–H and O–H groups in total. The van der Waals surface area contributed by atoms with Gasteiger partial charge >= 0.3 is 5.97 Å². The molecule has 1 amide bonds. The maximum absolute atomic E-state index is 13.5. The smallest absolute Gasteiger partial charge is 0.325 e. The molecule has 0 saturated carbocycles. The van der Waals surface area contributed by atoms with Gasteiger partial charge in [0, 0.05) is 19.3 Å². The molecule has 1 aliphatic rings. The fraction of sp³-hybridized carbons (Fsp3) is 0.364. The SMILES string of the molecule is CC(OC(=O)C1CCCCN1S(=O)(=O)c1cccc2nsnc12)C(=O)N(C)c1ccccc1. The number of para-hydroxylation sites is 1. The first-order valence-corrected chi connectivity index (χ1v) is 12.7. The van der Waals surface area contributed by atoms with Gasteiger partial charge in [-0.3, -0.25) is 9.59 Å². The molecule has 0 bridgehead atoms. The lowest BCUT2D eigenvalue weighted by Gasteiger charge is -2.33. The van der Waals surface area contributed by atoms with E-state index >= 15 is 0 Å². The van der Waals surface area contributed by atoms with Crippen molar-refractivity contribution in [2.45, 2.75) is 43.2 Å². The van der Waals surface area contributed by atoms with Gasteiger partial charge in [-0.2, -0.15) is 13.1 Å². The Kier molecular flexibility index (Phi) is 6.73. The number of esters is 1. The highest BCUT2D eigenvalue weighted by Gasteiger charge is 2.40. The molecule has 0 spiro atoms. The minimum Gasteiger partial charge on any atom is -0.451 e. The second-order valence-electron chi connectivity index (χ2n) is 7.83. The van der Waals surface area contributed by atoms with Crippen LogP contribution in [0.5, 0.6) is 0 Å². The lowest BCUT2D eigenvalue weighted by molar-refractivity contribution is -0.158. The number of fused-ring (bicyclic) bond motifs is 1. The van der Waals surface area contributed by atoms with Gasteiger partial charge in [0.25, 0.3) is 5.91 Å². The molecule has 2 aromatic carbocycles. The summed E-state index contributed by atoms with van der Waals surface area (Å²) in [6.45, 7) is 1.67. The Bertz CT molecular complexity index is 1260. The Morgan fingerprint density at radius 3 is 2.64 bits per heavy atom. The van der Waals surface area contributed by atoms with Crippen LogP contribution in [0, 0.1) is 0 Å². The number of aromatic nitrogens is 2. The maximum Gasteiger partial charge on any atom is 0.325 e. The highest BCUT2D eigenvalue weighted by atomic mass is 32.2. The normalized spacial score (nSPS) is 18.1. The van der Waals surface area contributed by atoms with Crippen LogP contribution >= 0.6 is 11.7 Å². The Balaban J connectivity index is 1.54. The van der Waals surface area contributed by atoms with Gasteiger partial charge in [-0.05, 0) is 50.5 Å². The summed E-state index contributed by atoms with van der Waals surface area (Å²) in [7, 11) is -2.43. The molecule has 9 nitrogen and oxygen atoms in total. The van der Waals surface area contributed by atoms with E-state index in [1.165, 1.54) is 22.2 Å². The molecule has 2 heterocycles. The Morgan fingerprint density at radius 1 is 1.12 bits per heavy atom. The molecule has 4 rings (SSSR count). The van der Waals surface area contributed by atoms with Crippen molar-refractivity contribution < 1.29 is 22.7 Å². The number of ether oxygens (including phenoxy) is 1. The molecule has 1 saturated heterocycles. The topological polar surface area (TPSA) is 110 Å². The van der Waals surface area contributed by atoms with Crippen molar-refractivity contribution in [3.63, 3.8) is 0 Å². The molecule has 0 radical (unpaired) electrons. The van der Waals surface area contributed by atoms with Crippen LogP contribution in [0.3, 0.4) is 0 Å². The van der Waals surface area contributed by atoms with E-state index in [0.29, 0.717) is 30.5 Å². The number of amides is 1. The number of benzene rings is 2. The number of hydrogen-bond donors (Lipinski definition) is 0. The van der Waals surface area contributed by atoms with E-state index in [2.05, 4.69) is 8.75 Å². The summed E-state index contributed by atoms with van der Waals surface area (Å²) in [5.74, 6) is -1.14. The lowest BCUT2D eigenvalue weighted by Crippen LogP contribution is -2.50. The standard InChI is InChI=1S/C22H24N4O5S2/c1-15(21(27)25(2)16-9-4-3-5-10-16)31-22(28)18-12-6-7-14-26(18)33(29,30)19-13-8-11-17-20(19)24-32-23-17/h3-5,8-11,13,15,18H,6-7,12,14H2,1-2H3. The summed E-state index contributed by atoms with van der Waals surface area (Å²) in [5.41, 5.74) is 1.44. The van der Waals surface area contributed by atoms with E-state index < -0.39 is 34.0 Å². The molecule has 1 aliphatic heterocycles. The molecule has 3 aromatic rings. The average molecular weight is 489 g/mol. The monoisotopic (exact) mass is 488 g/mol. The number of piperidine rings is 1. The van der Waals surface area contributed by atoms with Crippen molar-refractivity contribution in [3.8, 4) is 0 Å². The van der Waals surface area contributed by atoms with E-state index in [9.17, 15) is 18.0 Å². The number of hydrogen-bond acceptors (Lipinski definition) is 8. The molecule has 1 fully saturated rings. The predicted octanol–water partition coefficient (Wildman–Crippen LogP) is 2.83. The van der Waals surface area contributed by atoms with Gasteiger partial charge < -0.3 is 9.64 Å². The second-order valence-corrected chi connectivity index (χ2v) is 10.2. The minimum atomic E-state index is -4.03. The first kappa shape index (κ1) is 23.3. The van der Waals surface area contributed by atoms with Gasteiger partial charge in [0.1, 0.15) is 22.0 Å². The van der Waals surface area contributed by atoms with Crippen molar-refractivity contribution in [2.24, 2.45) is 0 Å². The number of anilines is 1.